The number of fused-ring (bicyclic) bond motifs is 1. The van der Waals surface area contributed by atoms with Crippen LogP contribution in [0, 0.1) is 20.2 Å². The molecule has 3 aromatic rings. The van der Waals surface area contributed by atoms with E-state index in [-0.39, 0.29) is 5.56 Å². The van der Waals surface area contributed by atoms with E-state index in [4.69, 9.17) is 0 Å². The minimum absolute atomic E-state index is 0.257. The highest BCUT2D eigenvalue weighted by Gasteiger charge is 2.19. The summed E-state index contributed by atoms with van der Waals surface area (Å²) in [6.07, 6.45) is 1.25. The fraction of sp³-hybridized carbons (Fsp3) is 0. The average molecular weight is 354 g/mol. The lowest BCUT2D eigenvalue weighted by molar-refractivity contribution is -0.394. The molecule has 0 radical (unpaired) electrons. The number of H-pyrrole nitrogens is 1. The Kier molecular flexibility index (Phi) is 4.34. The third-order valence-electron chi connectivity index (χ3n) is 3.35. The normalized spacial score (nSPS) is 10.9. The van der Waals surface area contributed by atoms with Gasteiger partial charge in [0.15, 0.2) is 5.82 Å². The molecule has 2 aromatic carbocycles. The lowest BCUT2D eigenvalue weighted by Crippen LogP contribution is -2.18. The van der Waals surface area contributed by atoms with Gasteiger partial charge in [0.25, 0.3) is 17.3 Å². The fourth-order valence-corrected chi connectivity index (χ4v) is 2.19. The van der Waals surface area contributed by atoms with Crippen molar-refractivity contribution in [3.8, 4) is 0 Å². The standard InChI is InChI=1S/C15H10N6O5/c22-15(9-5-10(20(23)24)7-11(6-9)21(25)26)19-16-8-14-17-12-3-1-2-4-13(12)18-14/h1-8H,(H,17,18)(H,19,22)/b16-8-. The number of benzene rings is 2. The molecule has 0 bridgehead atoms. The molecule has 0 spiro atoms. The van der Waals surface area contributed by atoms with E-state index < -0.39 is 27.1 Å². The molecule has 0 aliphatic carbocycles. The SMILES string of the molecule is O=C(N/N=C\c1nc2ccccc2[nH]1)c1cc([N+](=O)[O-])cc([N+](=O)[O-])c1. The Bertz CT molecular complexity index is 992. The highest BCUT2D eigenvalue weighted by Crippen LogP contribution is 2.22. The van der Waals surface area contributed by atoms with Gasteiger partial charge >= 0.3 is 0 Å². The second-order valence-electron chi connectivity index (χ2n) is 5.09. The number of imidazole rings is 1. The van der Waals surface area contributed by atoms with Gasteiger partial charge in [0, 0.05) is 12.1 Å². The first-order valence-corrected chi connectivity index (χ1v) is 7.16. The van der Waals surface area contributed by atoms with Gasteiger partial charge in [0.1, 0.15) is 0 Å². The van der Waals surface area contributed by atoms with E-state index in [1.807, 2.05) is 18.2 Å². The number of hydrogen-bond acceptors (Lipinski definition) is 7. The van der Waals surface area contributed by atoms with Crippen molar-refractivity contribution in [2.45, 2.75) is 0 Å². The number of aromatic nitrogens is 2. The van der Waals surface area contributed by atoms with Gasteiger partial charge < -0.3 is 4.98 Å². The number of hydrogen-bond donors (Lipinski definition) is 2. The molecular weight excluding hydrogens is 344 g/mol. The van der Waals surface area contributed by atoms with Crippen LogP contribution < -0.4 is 5.43 Å². The molecule has 0 unspecified atom stereocenters. The largest absolute Gasteiger partial charge is 0.337 e. The average Bonchev–Trinajstić information content (AvgIpc) is 3.03. The number of amides is 1. The Balaban J connectivity index is 1.79. The van der Waals surface area contributed by atoms with Crippen LogP contribution in [0.2, 0.25) is 0 Å². The molecule has 0 atom stereocenters. The molecule has 130 valence electrons. The van der Waals surface area contributed by atoms with Crippen LogP contribution in [-0.4, -0.2) is 31.9 Å². The van der Waals surface area contributed by atoms with Crippen molar-refractivity contribution < 1.29 is 14.6 Å². The van der Waals surface area contributed by atoms with Crippen molar-refractivity contribution in [2.75, 3.05) is 0 Å². The van der Waals surface area contributed by atoms with Crippen LogP contribution in [0.5, 0.6) is 0 Å². The Hall–Kier alpha value is -4.15. The van der Waals surface area contributed by atoms with Crippen molar-refractivity contribution in [1.29, 1.82) is 0 Å². The van der Waals surface area contributed by atoms with Gasteiger partial charge in [-0.3, -0.25) is 25.0 Å². The lowest BCUT2D eigenvalue weighted by atomic mass is 10.1. The van der Waals surface area contributed by atoms with Crippen LogP contribution in [0.1, 0.15) is 16.2 Å². The zero-order chi connectivity index (χ0) is 18.7. The third-order valence-corrected chi connectivity index (χ3v) is 3.35. The first kappa shape index (κ1) is 16.7. The van der Waals surface area contributed by atoms with E-state index >= 15 is 0 Å². The fourth-order valence-electron chi connectivity index (χ4n) is 2.19. The molecule has 0 fully saturated rings. The quantitative estimate of drug-likeness (QED) is 0.406. The van der Waals surface area contributed by atoms with Gasteiger partial charge in [-0.2, -0.15) is 5.10 Å². The Labute approximate surface area is 144 Å². The van der Waals surface area contributed by atoms with Gasteiger partial charge in [-0.25, -0.2) is 10.4 Å². The monoisotopic (exact) mass is 354 g/mol. The number of non-ortho nitro benzene ring substituents is 2. The lowest BCUT2D eigenvalue weighted by Gasteiger charge is -2.00. The Morgan fingerprint density at radius 1 is 1.12 bits per heavy atom. The number of aromatic amines is 1. The molecule has 1 aromatic heterocycles. The topological polar surface area (TPSA) is 156 Å². The number of nitro groups is 2. The van der Waals surface area contributed by atoms with Crippen LogP contribution in [0.15, 0.2) is 47.6 Å². The van der Waals surface area contributed by atoms with Crippen LogP contribution in [-0.2, 0) is 0 Å². The molecule has 0 aliphatic heterocycles. The van der Waals surface area contributed by atoms with E-state index in [0.717, 1.165) is 29.2 Å². The number of carbonyl (C=O) groups is 1. The van der Waals surface area contributed by atoms with Crippen LogP contribution >= 0.6 is 0 Å². The second kappa shape index (κ2) is 6.76. The maximum atomic E-state index is 12.1. The van der Waals surface area contributed by atoms with Crippen molar-refractivity contribution in [2.24, 2.45) is 5.10 Å². The van der Waals surface area contributed by atoms with E-state index in [9.17, 15) is 25.0 Å². The minimum Gasteiger partial charge on any atom is -0.337 e. The Morgan fingerprint density at radius 2 is 1.77 bits per heavy atom. The summed E-state index contributed by atoms with van der Waals surface area (Å²) >= 11 is 0. The van der Waals surface area contributed by atoms with Gasteiger partial charge in [0.05, 0.1) is 38.7 Å². The first-order valence-electron chi connectivity index (χ1n) is 7.16. The predicted octanol–water partition coefficient (Wildman–Crippen LogP) is 2.14. The summed E-state index contributed by atoms with van der Waals surface area (Å²) < 4.78 is 0. The molecule has 26 heavy (non-hydrogen) atoms. The Morgan fingerprint density at radius 3 is 2.38 bits per heavy atom. The highest BCUT2D eigenvalue weighted by atomic mass is 16.6. The molecule has 0 saturated carbocycles. The summed E-state index contributed by atoms with van der Waals surface area (Å²) in [4.78, 5) is 39.3. The van der Waals surface area contributed by atoms with Crippen molar-refractivity contribution >= 4 is 34.5 Å². The zero-order valence-corrected chi connectivity index (χ0v) is 12.9. The van der Waals surface area contributed by atoms with Crippen molar-refractivity contribution in [3.63, 3.8) is 0 Å². The van der Waals surface area contributed by atoms with E-state index in [2.05, 4.69) is 20.5 Å². The number of nitrogens with zero attached hydrogens (tertiary/aromatic N) is 4. The number of nitrogens with one attached hydrogen (secondary N) is 2. The maximum absolute atomic E-state index is 12.1. The summed E-state index contributed by atoms with van der Waals surface area (Å²) in [5, 5.41) is 25.4. The number of rotatable bonds is 5. The second-order valence-corrected chi connectivity index (χ2v) is 5.09. The van der Waals surface area contributed by atoms with Crippen LogP contribution in [0.4, 0.5) is 11.4 Å². The van der Waals surface area contributed by atoms with Crippen molar-refractivity contribution in [1.82, 2.24) is 15.4 Å². The van der Waals surface area contributed by atoms with Crippen LogP contribution in [0.25, 0.3) is 11.0 Å². The number of nitro benzene ring substituents is 2. The van der Waals surface area contributed by atoms with Crippen molar-refractivity contribution in [3.05, 3.63) is 74.1 Å². The molecule has 3 rings (SSSR count). The highest BCUT2D eigenvalue weighted by molar-refractivity contribution is 5.96. The van der Waals surface area contributed by atoms with E-state index in [1.54, 1.807) is 6.07 Å². The molecule has 2 N–H and O–H groups in total. The van der Waals surface area contributed by atoms with Gasteiger partial charge in [-0.15, -0.1) is 0 Å². The minimum atomic E-state index is -0.829. The predicted molar refractivity (Wildman–Crippen MR) is 90.9 cm³/mol. The van der Waals surface area contributed by atoms with Gasteiger partial charge in [-0.1, -0.05) is 12.1 Å². The molecule has 1 heterocycles. The van der Waals surface area contributed by atoms with Gasteiger partial charge in [0.2, 0.25) is 0 Å². The summed E-state index contributed by atoms with van der Waals surface area (Å²) in [5.41, 5.74) is 2.27. The molecule has 11 heteroatoms. The summed E-state index contributed by atoms with van der Waals surface area (Å²) in [6, 6.07) is 9.90. The molecule has 11 nitrogen and oxygen atoms in total. The number of para-hydroxylation sites is 2. The number of hydrazone groups is 1. The smallest absolute Gasteiger partial charge is 0.277 e. The summed E-state index contributed by atoms with van der Waals surface area (Å²) in [6.45, 7) is 0. The van der Waals surface area contributed by atoms with E-state index in [1.165, 1.54) is 6.21 Å². The molecule has 1 amide bonds. The maximum Gasteiger partial charge on any atom is 0.277 e. The zero-order valence-electron chi connectivity index (χ0n) is 12.9. The third kappa shape index (κ3) is 3.51. The molecule has 0 saturated heterocycles. The summed E-state index contributed by atoms with van der Waals surface area (Å²) in [7, 11) is 0. The molecule has 0 aliphatic rings. The number of carbonyl (C=O) groups excluding carboxylic acids is 1. The molecular formula is C15H10N6O5. The van der Waals surface area contributed by atoms with E-state index in [0.29, 0.717) is 5.82 Å². The first-order chi connectivity index (χ1) is 12.4. The van der Waals surface area contributed by atoms with Gasteiger partial charge in [-0.05, 0) is 12.1 Å². The summed E-state index contributed by atoms with van der Waals surface area (Å²) in [5.74, 6) is -0.444. The van der Waals surface area contributed by atoms with Crippen LogP contribution in [0.3, 0.4) is 0 Å².